The molecule has 0 saturated heterocycles. The molecule has 0 aliphatic carbocycles. The Bertz CT molecular complexity index is 183. The second-order valence-electron chi connectivity index (χ2n) is 3.10. The van der Waals surface area contributed by atoms with Crippen LogP contribution in [0.25, 0.3) is 0 Å². The van der Waals surface area contributed by atoms with E-state index in [1.807, 2.05) is 13.8 Å². The summed E-state index contributed by atoms with van der Waals surface area (Å²) in [6.07, 6.45) is 0.0694. The Morgan fingerprint density at radius 3 is 1.79 bits per heavy atom. The highest BCUT2D eigenvalue weighted by Gasteiger charge is 2.12. The molecule has 0 radical (unpaired) electrons. The van der Waals surface area contributed by atoms with Gasteiger partial charge in [0.25, 0.3) is 0 Å². The lowest BCUT2D eigenvalue weighted by atomic mass is 10.1. The van der Waals surface area contributed by atoms with Crippen LogP contribution in [0.15, 0.2) is 0 Å². The van der Waals surface area contributed by atoms with E-state index in [0.29, 0.717) is 0 Å². The number of carbonyl (C=O) groups is 2. The van der Waals surface area contributed by atoms with Crippen LogP contribution in [0.4, 0.5) is 0 Å². The molecule has 0 saturated carbocycles. The van der Waals surface area contributed by atoms with Crippen LogP contribution in [0.2, 0.25) is 0 Å². The van der Waals surface area contributed by atoms with Crippen LogP contribution in [0.3, 0.4) is 0 Å². The molecular weight excluding hydrogens is 186 g/mol. The Hall–Kier alpha value is -1.14. The van der Waals surface area contributed by atoms with Crippen molar-refractivity contribution in [1.82, 2.24) is 0 Å². The van der Waals surface area contributed by atoms with Gasteiger partial charge in [-0.2, -0.15) is 0 Å². The van der Waals surface area contributed by atoms with Gasteiger partial charge in [-0.1, -0.05) is 13.8 Å². The van der Waals surface area contributed by atoms with Crippen LogP contribution in [0, 0.1) is 5.92 Å². The van der Waals surface area contributed by atoms with Gasteiger partial charge in [0.15, 0.2) is 0 Å². The van der Waals surface area contributed by atoms with Gasteiger partial charge in [-0.15, -0.1) is 0 Å². The molecule has 14 heavy (non-hydrogen) atoms. The van der Waals surface area contributed by atoms with Crippen LogP contribution in [-0.2, 0) is 9.59 Å². The van der Waals surface area contributed by atoms with Crippen molar-refractivity contribution in [3.05, 3.63) is 0 Å². The molecule has 0 spiro atoms. The molecule has 0 aromatic heterocycles. The first-order valence-corrected chi connectivity index (χ1v) is 4.29. The molecule has 0 heterocycles. The standard InChI is InChI=1S/C5H12N2O.C3H7NO2/c1-3(2)4(6)5(7)8;4-2-1-3(5)6/h3-4H,6H2,1-2H3,(H2,7,8);1-2,4H2,(H,5,6)/t4-;/m1./s1. The van der Waals surface area contributed by atoms with Gasteiger partial charge < -0.3 is 22.3 Å². The topological polar surface area (TPSA) is 132 Å². The van der Waals surface area contributed by atoms with Crippen molar-refractivity contribution in [2.45, 2.75) is 26.3 Å². The van der Waals surface area contributed by atoms with Gasteiger partial charge >= 0.3 is 5.97 Å². The first kappa shape index (κ1) is 15.3. The molecule has 6 nitrogen and oxygen atoms in total. The lowest BCUT2D eigenvalue weighted by Gasteiger charge is -2.09. The number of hydrogen-bond acceptors (Lipinski definition) is 4. The third kappa shape index (κ3) is 10.9. The third-order valence-electron chi connectivity index (χ3n) is 1.40. The maximum atomic E-state index is 10.2. The summed E-state index contributed by atoms with van der Waals surface area (Å²) in [5.41, 5.74) is 15.0. The zero-order chi connectivity index (χ0) is 11.7. The highest BCUT2D eigenvalue weighted by Crippen LogP contribution is 1.95. The lowest BCUT2D eigenvalue weighted by molar-refractivity contribution is -0.136. The first-order chi connectivity index (χ1) is 6.32. The third-order valence-corrected chi connectivity index (χ3v) is 1.40. The zero-order valence-corrected chi connectivity index (χ0v) is 8.56. The van der Waals surface area contributed by atoms with Crippen molar-refractivity contribution < 1.29 is 14.7 Å². The fraction of sp³-hybridized carbons (Fsp3) is 0.750. The average molecular weight is 205 g/mol. The molecular formula is C8H19N3O3. The molecule has 0 rings (SSSR count). The normalized spacial score (nSPS) is 11.5. The largest absolute Gasteiger partial charge is 0.481 e. The molecule has 84 valence electrons. The van der Waals surface area contributed by atoms with Gasteiger partial charge in [0, 0.05) is 6.54 Å². The van der Waals surface area contributed by atoms with E-state index in [9.17, 15) is 9.59 Å². The van der Waals surface area contributed by atoms with E-state index >= 15 is 0 Å². The summed E-state index contributed by atoms with van der Waals surface area (Å²) in [7, 11) is 0. The Morgan fingerprint density at radius 2 is 1.79 bits per heavy atom. The predicted octanol–water partition coefficient (Wildman–Crippen LogP) is -1.13. The molecule has 0 aromatic carbocycles. The SMILES string of the molecule is CC(C)[C@@H](N)C(N)=O.NCCC(=O)O. The summed E-state index contributed by atoms with van der Waals surface area (Å²) in [6.45, 7) is 3.94. The highest BCUT2D eigenvalue weighted by atomic mass is 16.4. The van der Waals surface area contributed by atoms with E-state index < -0.39 is 17.9 Å². The van der Waals surface area contributed by atoms with Gasteiger partial charge in [-0.25, -0.2) is 0 Å². The van der Waals surface area contributed by atoms with Gasteiger partial charge in [-0.3, -0.25) is 9.59 Å². The fourth-order valence-corrected chi connectivity index (χ4v) is 0.452. The Kier molecular flexibility index (Phi) is 9.27. The number of rotatable bonds is 4. The van der Waals surface area contributed by atoms with E-state index in [2.05, 4.69) is 0 Å². The van der Waals surface area contributed by atoms with Gasteiger partial charge in [0.05, 0.1) is 12.5 Å². The first-order valence-electron chi connectivity index (χ1n) is 4.29. The Balaban J connectivity index is 0. The number of hydrogen-bond donors (Lipinski definition) is 4. The van der Waals surface area contributed by atoms with E-state index in [4.69, 9.17) is 22.3 Å². The second kappa shape index (κ2) is 8.46. The summed E-state index contributed by atoms with van der Waals surface area (Å²) >= 11 is 0. The summed E-state index contributed by atoms with van der Waals surface area (Å²) in [6, 6.07) is -0.491. The van der Waals surface area contributed by atoms with Crippen LogP contribution >= 0.6 is 0 Å². The van der Waals surface area contributed by atoms with Crippen molar-refractivity contribution in [2.75, 3.05) is 6.54 Å². The maximum Gasteiger partial charge on any atom is 0.304 e. The van der Waals surface area contributed by atoms with E-state index in [1.54, 1.807) is 0 Å². The maximum absolute atomic E-state index is 10.2. The number of nitrogens with two attached hydrogens (primary N) is 3. The van der Waals surface area contributed by atoms with Crippen molar-refractivity contribution in [3.8, 4) is 0 Å². The Labute approximate surface area is 83.4 Å². The number of carboxylic acids is 1. The summed E-state index contributed by atoms with van der Waals surface area (Å²) in [4.78, 5) is 19.8. The van der Waals surface area contributed by atoms with Crippen LogP contribution in [-0.4, -0.2) is 29.6 Å². The molecule has 0 fully saturated rings. The molecule has 7 N–H and O–H groups in total. The average Bonchev–Trinajstić information content (AvgIpc) is 2.03. The highest BCUT2D eigenvalue weighted by molar-refractivity contribution is 5.79. The minimum atomic E-state index is -0.836. The quantitative estimate of drug-likeness (QED) is 0.461. The van der Waals surface area contributed by atoms with E-state index in [1.165, 1.54) is 0 Å². The van der Waals surface area contributed by atoms with Crippen molar-refractivity contribution >= 4 is 11.9 Å². The van der Waals surface area contributed by atoms with Crippen molar-refractivity contribution in [3.63, 3.8) is 0 Å². The molecule has 0 aromatic rings. The van der Waals surface area contributed by atoms with Crippen LogP contribution in [0.5, 0.6) is 0 Å². The second-order valence-corrected chi connectivity index (χ2v) is 3.10. The number of aliphatic carboxylic acids is 1. The number of carbonyl (C=O) groups excluding carboxylic acids is 1. The summed E-state index contributed by atoms with van der Waals surface area (Å²) in [5.74, 6) is -1.12. The van der Waals surface area contributed by atoms with Crippen molar-refractivity contribution in [1.29, 1.82) is 0 Å². The summed E-state index contributed by atoms with van der Waals surface area (Å²) < 4.78 is 0. The van der Waals surface area contributed by atoms with Gasteiger partial charge in [0.2, 0.25) is 5.91 Å². The minimum absolute atomic E-state index is 0.0694. The fourth-order valence-electron chi connectivity index (χ4n) is 0.452. The molecule has 0 unspecified atom stereocenters. The monoisotopic (exact) mass is 205 g/mol. The van der Waals surface area contributed by atoms with E-state index in [-0.39, 0.29) is 18.9 Å². The predicted molar refractivity (Wildman–Crippen MR) is 53.3 cm³/mol. The zero-order valence-electron chi connectivity index (χ0n) is 8.56. The smallest absolute Gasteiger partial charge is 0.304 e. The van der Waals surface area contributed by atoms with Crippen LogP contribution < -0.4 is 17.2 Å². The number of amides is 1. The Morgan fingerprint density at radius 1 is 1.36 bits per heavy atom. The van der Waals surface area contributed by atoms with Gasteiger partial charge in [0.1, 0.15) is 0 Å². The van der Waals surface area contributed by atoms with Crippen LogP contribution in [0.1, 0.15) is 20.3 Å². The molecule has 1 atom stereocenters. The van der Waals surface area contributed by atoms with Gasteiger partial charge in [-0.05, 0) is 5.92 Å². The number of primary amides is 1. The molecule has 0 bridgehead atoms. The molecule has 0 aliphatic rings. The van der Waals surface area contributed by atoms with Crippen molar-refractivity contribution in [2.24, 2.45) is 23.1 Å². The molecule has 1 amide bonds. The van der Waals surface area contributed by atoms with E-state index in [0.717, 1.165) is 0 Å². The number of carboxylic acid groups (broad SMARTS) is 1. The molecule has 6 heteroatoms. The summed E-state index contributed by atoms with van der Waals surface area (Å²) in [5, 5.41) is 7.83. The molecule has 0 aliphatic heterocycles. The minimum Gasteiger partial charge on any atom is -0.481 e. The lowest BCUT2D eigenvalue weighted by Crippen LogP contribution is -2.40.